The predicted octanol–water partition coefficient (Wildman–Crippen LogP) is 1.32. The highest BCUT2D eigenvalue weighted by Gasteiger charge is 2.28. The van der Waals surface area contributed by atoms with Crippen LogP contribution >= 0.6 is 23.1 Å². The molecule has 3 rings (SSSR count). The molecule has 1 fully saturated rings. The zero-order valence-corrected chi connectivity index (χ0v) is 18.4. The number of piperazine rings is 1. The molecule has 0 spiro atoms. The Morgan fingerprint density at radius 1 is 1.30 bits per heavy atom. The Kier molecular flexibility index (Phi) is 6.28. The van der Waals surface area contributed by atoms with Gasteiger partial charge in [-0.25, -0.2) is 4.98 Å². The number of carbonyl (C=O) groups is 1. The number of aryl methyl sites for hydroxylation is 2. The molecular weight excluding hydrogens is 380 g/mol. The van der Waals surface area contributed by atoms with E-state index in [2.05, 4.69) is 6.92 Å². The quantitative estimate of drug-likeness (QED) is 0.598. The molecule has 1 saturated heterocycles. The number of nitrogens with zero attached hydrogens (tertiary/aromatic N) is 3. The van der Waals surface area contributed by atoms with Gasteiger partial charge in [0.1, 0.15) is 4.83 Å². The third-order valence-corrected chi connectivity index (χ3v) is 7.66. The van der Waals surface area contributed by atoms with Crippen molar-refractivity contribution in [1.82, 2.24) is 14.5 Å². The molecule has 8 heteroatoms. The van der Waals surface area contributed by atoms with Gasteiger partial charge in [0.2, 0.25) is 5.91 Å². The molecule has 1 N–H and O–H groups in total. The highest BCUT2D eigenvalue weighted by molar-refractivity contribution is 8.00. The van der Waals surface area contributed by atoms with Gasteiger partial charge in [-0.3, -0.25) is 14.2 Å². The Balaban J connectivity index is 1.83. The van der Waals surface area contributed by atoms with Crippen molar-refractivity contribution in [2.45, 2.75) is 51.6 Å². The Labute approximate surface area is 168 Å². The van der Waals surface area contributed by atoms with E-state index in [1.807, 2.05) is 32.6 Å². The minimum atomic E-state index is -0.252. The molecule has 6 nitrogen and oxygen atoms in total. The van der Waals surface area contributed by atoms with E-state index in [1.54, 1.807) is 20.8 Å². The first-order chi connectivity index (χ1) is 12.9. The molecule has 1 amide bonds. The molecule has 0 unspecified atom stereocenters. The van der Waals surface area contributed by atoms with Crippen LogP contribution in [0.4, 0.5) is 0 Å². The molecule has 0 aliphatic carbocycles. The second-order valence-corrected chi connectivity index (χ2v) is 9.61. The summed E-state index contributed by atoms with van der Waals surface area (Å²) < 4.78 is 1.70. The number of thioether (sulfide) groups is 1. The van der Waals surface area contributed by atoms with Gasteiger partial charge in [-0.15, -0.1) is 11.3 Å². The van der Waals surface area contributed by atoms with Crippen LogP contribution in [0.15, 0.2) is 9.95 Å². The normalized spacial score (nSPS) is 16.9. The zero-order chi connectivity index (χ0) is 19.7. The van der Waals surface area contributed by atoms with E-state index in [-0.39, 0.29) is 16.7 Å². The van der Waals surface area contributed by atoms with Crippen LogP contribution < -0.4 is 10.5 Å². The highest BCUT2D eigenvalue weighted by atomic mass is 32.2. The fourth-order valence-electron chi connectivity index (χ4n) is 3.54. The van der Waals surface area contributed by atoms with Gasteiger partial charge in [0.15, 0.2) is 5.16 Å². The second kappa shape index (κ2) is 8.32. The van der Waals surface area contributed by atoms with E-state index in [9.17, 15) is 9.59 Å². The number of thiophene rings is 1. The molecule has 0 saturated carbocycles. The lowest BCUT2D eigenvalue weighted by Crippen LogP contribution is -3.14. The highest BCUT2D eigenvalue weighted by Crippen LogP contribution is 2.30. The van der Waals surface area contributed by atoms with Crippen LogP contribution in [0.1, 0.15) is 31.2 Å². The van der Waals surface area contributed by atoms with Crippen molar-refractivity contribution < 1.29 is 9.69 Å². The Morgan fingerprint density at radius 3 is 2.56 bits per heavy atom. The lowest BCUT2D eigenvalue weighted by Gasteiger charge is -2.33. The summed E-state index contributed by atoms with van der Waals surface area (Å²) in [5.74, 6) is 0.144. The number of carbonyl (C=O) groups excluding carboxylic acids is 1. The molecule has 27 heavy (non-hydrogen) atoms. The van der Waals surface area contributed by atoms with Crippen molar-refractivity contribution in [3.8, 4) is 0 Å². The molecule has 2 aromatic rings. The first kappa shape index (κ1) is 20.4. The van der Waals surface area contributed by atoms with E-state index in [1.165, 1.54) is 11.8 Å². The van der Waals surface area contributed by atoms with Gasteiger partial charge in [0, 0.05) is 11.4 Å². The SMILES string of the molecule is CCn1c(S[C@H](C)C(=O)N2CC[NH+](CC)CC2)nc2sc(C)c(C)c2c1=O. The van der Waals surface area contributed by atoms with Crippen molar-refractivity contribution in [1.29, 1.82) is 0 Å². The molecule has 1 aliphatic rings. The molecule has 2 aromatic heterocycles. The fourth-order valence-corrected chi connectivity index (χ4v) is 5.67. The summed E-state index contributed by atoms with van der Waals surface area (Å²) in [6.45, 7) is 15.4. The van der Waals surface area contributed by atoms with Crippen LogP contribution in [0.3, 0.4) is 0 Å². The Bertz CT molecular complexity index is 897. The number of quaternary nitrogens is 1. The van der Waals surface area contributed by atoms with Crippen LogP contribution in [0.5, 0.6) is 0 Å². The van der Waals surface area contributed by atoms with Gasteiger partial charge in [0.25, 0.3) is 5.56 Å². The third kappa shape index (κ3) is 3.93. The summed E-state index contributed by atoms with van der Waals surface area (Å²) in [6, 6.07) is 0. The largest absolute Gasteiger partial charge is 0.332 e. The summed E-state index contributed by atoms with van der Waals surface area (Å²) in [5.41, 5.74) is 1.03. The number of rotatable bonds is 5. The smallest absolute Gasteiger partial charge is 0.263 e. The average molecular weight is 410 g/mol. The summed E-state index contributed by atoms with van der Waals surface area (Å²) in [6.07, 6.45) is 0. The maximum atomic E-state index is 13.0. The topological polar surface area (TPSA) is 59.6 Å². The van der Waals surface area contributed by atoms with Crippen LogP contribution in [0, 0.1) is 13.8 Å². The van der Waals surface area contributed by atoms with E-state index >= 15 is 0 Å². The van der Waals surface area contributed by atoms with Gasteiger partial charge >= 0.3 is 0 Å². The van der Waals surface area contributed by atoms with Crippen LogP contribution in [-0.4, -0.2) is 58.3 Å². The number of likely N-dealkylation sites (N-methyl/N-ethyl adjacent to an activating group) is 1. The van der Waals surface area contributed by atoms with Crippen LogP contribution in [0.2, 0.25) is 0 Å². The molecule has 1 atom stereocenters. The molecule has 0 radical (unpaired) electrons. The summed E-state index contributed by atoms with van der Waals surface area (Å²) >= 11 is 2.96. The predicted molar refractivity (Wildman–Crippen MR) is 112 cm³/mol. The van der Waals surface area contributed by atoms with E-state index in [0.717, 1.165) is 53.4 Å². The molecule has 0 aromatic carbocycles. The van der Waals surface area contributed by atoms with Crippen LogP contribution in [0.25, 0.3) is 10.2 Å². The maximum Gasteiger partial charge on any atom is 0.263 e. The number of hydrogen-bond acceptors (Lipinski definition) is 5. The lowest BCUT2D eigenvalue weighted by molar-refractivity contribution is -0.902. The average Bonchev–Trinajstić information content (AvgIpc) is 2.95. The molecular formula is C19H29N4O2S2+. The number of fused-ring (bicyclic) bond motifs is 1. The summed E-state index contributed by atoms with van der Waals surface area (Å²) in [5, 5.41) is 1.12. The molecule has 0 bridgehead atoms. The fraction of sp³-hybridized carbons (Fsp3) is 0.632. The second-order valence-electron chi connectivity index (χ2n) is 7.10. The van der Waals surface area contributed by atoms with E-state index < -0.39 is 0 Å². The van der Waals surface area contributed by atoms with Crippen molar-refractivity contribution in [3.05, 3.63) is 20.8 Å². The Hall–Kier alpha value is -1.38. The van der Waals surface area contributed by atoms with Gasteiger partial charge in [-0.1, -0.05) is 11.8 Å². The van der Waals surface area contributed by atoms with Gasteiger partial charge in [0.05, 0.1) is 43.4 Å². The van der Waals surface area contributed by atoms with Crippen LogP contribution in [-0.2, 0) is 11.3 Å². The number of nitrogens with one attached hydrogen (secondary N) is 1. The minimum absolute atomic E-state index is 0.00617. The van der Waals surface area contributed by atoms with Crippen molar-refractivity contribution in [2.24, 2.45) is 0 Å². The number of amides is 1. The third-order valence-electron chi connectivity index (χ3n) is 5.48. The number of hydrogen-bond donors (Lipinski definition) is 1. The van der Waals surface area contributed by atoms with Gasteiger partial charge < -0.3 is 9.80 Å². The van der Waals surface area contributed by atoms with Gasteiger partial charge in [-0.2, -0.15) is 0 Å². The monoisotopic (exact) mass is 409 g/mol. The van der Waals surface area contributed by atoms with Crippen molar-refractivity contribution >= 4 is 39.2 Å². The van der Waals surface area contributed by atoms with E-state index in [4.69, 9.17) is 4.98 Å². The minimum Gasteiger partial charge on any atom is -0.332 e. The Morgan fingerprint density at radius 2 is 1.96 bits per heavy atom. The van der Waals surface area contributed by atoms with E-state index in [0.29, 0.717) is 11.7 Å². The maximum absolute atomic E-state index is 13.0. The van der Waals surface area contributed by atoms with Crippen molar-refractivity contribution in [2.75, 3.05) is 32.7 Å². The molecule has 148 valence electrons. The zero-order valence-electron chi connectivity index (χ0n) is 16.8. The first-order valence-electron chi connectivity index (χ1n) is 9.66. The molecule has 3 heterocycles. The number of aromatic nitrogens is 2. The summed E-state index contributed by atoms with van der Waals surface area (Å²) in [4.78, 5) is 36.0. The first-order valence-corrected chi connectivity index (χ1v) is 11.4. The van der Waals surface area contributed by atoms with Crippen molar-refractivity contribution in [3.63, 3.8) is 0 Å². The standard InChI is InChI=1S/C19H28N4O2S2/c1-6-21-8-10-22(11-9-21)17(24)14(5)27-19-20-16-15(12(3)13(4)26-16)18(25)23(19)7-2/h14H,6-11H2,1-5H3/p+1/t14-/m1/s1. The molecule has 1 aliphatic heterocycles. The van der Waals surface area contributed by atoms with Gasteiger partial charge in [-0.05, 0) is 40.2 Å². The lowest BCUT2D eigenvalue weighted by atomic mass is 10.2. The summed E-state index contributed by atoms with van der Waals surface area (Å²) in [7, 11) is 0.